The van der Waals surface area contributed by atoms with E-state index in [1.807, 2.05) is 36.4 Å². The Morgan fingerprint density at radius 2 is 1.53 bits per heavy atom. The van der Waals surface area contributed by atoms with E-state index in [4.69, 9.17) is 14.2 Å². The summed E-state index contributed by atoms with van der Waals surface area (Å²) >= 11 is 0. The van der Waals surface area contributed by atoms with Crippen LogP contribution in [0.5, 0.6) is 11.5 Å². The quantitative estimate of drug-likeness (QED) is 0.471. The number of aromatic amines is 1. The molecule has 0 radical (unpaired) electrons. The van der Waals surface area contributed by atoms with Crippen molar-refractivity contribution in [2.75, 3.05) is 7.11 Å². The predicted octanol–water partition coefficient (Wildman–Crippen LogP) is 4.47. The fraction of sp³-hybridized carbons (Fsp3) is 0.240. The smallest absolute Gasteiger partial charge is 0.339 e. The number of methoxy groups -OCH3 is 1. The number of hydrogen-bond acceptors (Lipinski definition) is 6. The molecular weight excluding hydrogens is 410 g/mol. The summed E-state index contributed by atoms with van der Waals surface area (Å²) in [5, 5.41) is 0. The van der Waals surface area contributed by atoms with Crippen LogP contribution in [0.3, 0.4) is 0 Å². The number of benzene rings is 2. The molecule has 1 atom stereocenters. The number of ketones is 1. The first-order valence-electron chi connectivity index (χ1n) is 10.2. The SMILES string of the molecule is COC(=O)c1c(C)[nH]c(C(=O)[C@H](C)OC(=O)C2c3ccccc3Oc3ccccc32)c1C. The van der Waals surface area contributed by atoms with Crippen LogP contribution in [0.25, 0.3) is 0 Å². The minimum absolute atomic E-state index is 0.218. The molecule has 1 aromatic heterocycles. The standard InChI is InChI=1S/C25H23NO6/c1-13-20(24(28)30-4)14(2)26-22(13)23(27)15(3)31-25(29)21-16-9-5-7-11-18(16)32-19-12-8-6-10-17(19)21/h5-12,15,21,26H,1-4H3/t15-/m0/s1. The van der Waals surface area contributed by atoms with Crippen LogP contribution >= 0.6 is 0 Å². The highest BCUT2D eigenvalue weighted by Crippen LogP contribution is 2.44. The number of carbonyl (C=O) groups is 3. The van der Waals surface area contributed by atoms with Crippen LogP contribution in [0.4, 0.5) is 0 Å². The van der Waals surface area contributed by atoms with Crippen molar-refractivity contribution < 1.29 is 28.6 Å². The highest BCUT2D eigenvalue weighted by atomic mass is 16.5. The fourth-order valence-corrected chi connectivity index (χ4v) is 4.07. The van der Waals surface area contributed by atoms with E-state index in [1.54, 1.807) is 26.0 Å². The summed E-state index contributed by atoms with van der Waals surface area (Å²) in [6, 6.07) is 14.5. The second kappa shape index (κ2) is 8.34. The van der Waals surface area contributed by atoms with Gasteiger partial charge in [-0.2, -0.15) is 0 Å². The van der Waals surface area contributed by atoms with Crippen molar-refractivity contribution in [3.05, 3.63) is 82.2 Å². The average Bonchev–Trinajstić information content (AvgIpc) is 3.09. The van der Waals surface area contributed by atoms with Gasteiger partial charge in [-0.05, 0) is 38.5 Å². The first kappa shape index (κ1) is 21.4. The lowest BCUT2D eigenvalue weighted by atomic mass is 9.88. The van der Waals surface area contributed by atoms with Gasteiger partial charge in [-0.25, -0.2) is 4.79 Å². The van der Waals surface area contributed by atoms with Gasteiger partial charge in [0.2, 0.25) is 5.78 Å². The molecule has 7 nitrogen and oxygen atoms in total. The summed E-state index contributed by atoms with van der Waals surface area (Å²) in [4.78, 5) is 41.3. The number of esters is 2. The molecule has 32 heavy (non-hydrogen) atoms. The Hall–Kier alpha value is -3.87. The first-order chi connectivity index (χ1) is 15.3. The van der Waals surface area contributed by atoms with Crippen molar-refractivity contribution in [1.82, 2.24) is 4.98 Å². The Kier molecular flexibility index (Phi) is 5.57. The normalized spacial score (nSPS) is 13.4. The Morgan fingerprint density at radius 3 is 2.09 bits per heavy atom. The molecule has 0 aliphatic carbocycles. The maximum Gasteiger partial charge on any atom is 0.339 e. The number of H-pyrrole nitrogens is 1. The number of hydrogen-bond donors (Lipinski definition) is 1. The van der Waals surface area contributed by atoms with Crippen molar-refractivity contribution in [1.29, 1.82) is 0 Å². The third-order valence-electron chi connectivity index (χ3n) is 5.65. The summed E-state index contributed by atoms with van der Waals surface area (Å²) in [6.45, 7) is 4.86. The summed E-state index contributed by atoms with van der Waals surface area (Å²) in [6.07, 6.45) is -1.06. The Bertz CT molecular complexity index is 1180. The molecule has 0 spiro atoms. The van der Waals surface area contributed by atoms with Crippen molar-refractivity contribution in [2.24, 2.45) is 0 Å². The summed E-state index contributed by atoms with van der Waals surface area (Å²) < 4.78 is 16.3. The lowest BCUT2D eigenvalue weighted by Gasteiger charge is -2.27. The number of nitrogens with one attached hydrogen (secondary N) is 1. The lowest BCUT2D eigenvalue weighted by Crippen LogP contribution is -2.29. The molecule has 0 bridgehead atoms. The van der Waals surface area contributed by atoms with Gasteiger partial charge in [0.1, 0.15) is 17.4 Å². The minimum atomic E-state index is -1.06. The molecule has 0 amide bonds. The van der Waals surface area contributed by atoms with Gasteiger partial charge in [-0.1, -0.05) is 36.4 Å². The van der Waals surface area contributed by atoms with Gasteiger partial charge in [0, 0.05) is 16.8 Å². The monoisotopic (exact) mass is 433 g/mol. The lowest BCUT2D eigenvalue weighted by molar-refractivity contribution is -0.147. The van der Waals surface area contributed by atoms with E-state index in [1.165, 1.54) is 14.0 Å². The zero-order valence-electron chi connectivity index (χ0n) is 18.2. The van der Waals surface area contributed by atoms with E-state index < -0.39 is 29.7 Å². The Morgan fingerprint density at radius 1 is 0.969 bits per heavy atom. The van der Waals surface area contributed by atoms with E-state index >= 15 is 0 Å². The molecule has 0 saturated carbocycles. The molecule has 0 fully saturated rings. The maximum absolute atomic E-state index is 13.3. The highest BCUT2D eigenvalue weighted by Gasteiger charge is 2.36. The third-order valence-corrected chi connectivity index (χ3v) is 5.65. The second-order valence-electron chi connectivity index (χ2n) is 7.67. The van der Waals surface area contributed by atoms with Crippen LogP contribution in [-0.2, 0) is 14.3 Å². The van der Waals surface area contributed by atoms with Gasteiger partial charge in [0.15, 0.2) is 6.10 Å². The van der Waals surface area contributed by atoms with Crippen LogP contribution in [-0.4, -0.2) is 35.9 Å². The number of para-hydroxylation sites is 2. The second-order valence-corrected chi connectivity index (χ2v) is 7.67. The average molecular weight is 433 g/mol. The molecule has 1 N–H and O–H groups in total. The fourth-order valence-electron chi connectivity index (χ4n) is 4.07. The van der Waals surface area contributed by atoms with E-state index in [-0.39, 0.29) is 5.69 Å². The van der Waals surface area contributed by atoms with Gasteiger partial charge >= 0.3 is 11.9 Å². The zero-order chi connectivity index (χ0) is 23.0. The van der Waals surface area contributed by atoms with Crippen molar-refractivity contribution >= 4 is 17.7 Å². The number of aryl methyl sites for hydroxylation is 1. The van der Waals surface area contributed by atoms with Crippen LogP contribution in [0.2, 0.25) is 0 Å². The topological polar surface area (TPSA) is 94.7 Å². The number of aromatic nitrogens is 1. The number of carbonyl (C=O) groups excluding carboxylic acids is 3. The van der Waals surface area contributed by atoms with Crippen LogP contribution in [0.1, 0.15) is 56.1 Å². The van der Waals surface area contributed by atoms with Gasteiger partial charge in [-0.3, -0.25) is 9.59 Å². The first-order valence-corrected chi connectivity index (χ1v) is 10.2. The molecule has 1 aliphatic heterocycles. The molecule has 0 saturated heterocycles. The van der Waals surface area contributed by atoms with E-state index in [9.17, 15) is 14.4 Å². The van der Waals surface area contributed by atoms with E-state index in [2.05, 4.69) is 4.98 Å². The van der Waals surface area contributed by atoms with Crippen LogP contribution in [0.15, 0.2) is 48.5 Å². The molecule has 3 aromatic rings. The predicted molar refractivity (Wildman–Crippen MR) is 116 cm³/mol. The molecular formula is C25H23NO6. The van der Waals surface area contributed by atoms with E-state index in [0.717, 1.165) is 0 Å². The van der Waals surface area contributed by atoms with Crippen molar-refractivity contribution in [3.63, 3.8) is 0 Å². The summed E-state index contributed by atoms with van der Waals surface area (Å²) in [7, 11) is 1.28. The van der Waals surface area contributed by atoms with Gasteiger partial charge in [0.05, 0.1) is 18.4 Å². The minimum Gasteiger partial charge on any atom is -0.465 e. The highest BCUT2D eigenvalue weighted by molar-refractivity contribution is 6.04. The molecule has 2 heterocycles. The van der Waals surface area contributed by atoms with Crippen molar-refractivity contribution in [3.8, 4) is 11.5 Å². The molecule has 0 unspecified atom stereocenters. The summed E-state index contributed by atoms with van der Waals surface area (Å²) in [5.41, 5.74) is 2.86. The zero-order valence-corrected chi connectivity index (χ0v) is 18.2. The molecule has 164 valence electrons. The van der Waals surface area contributed by atoms with Crippen LogP contribution in [0, 0.1) is 13.8 Å². The van der Waals surface area contributed by atoms with Crippen molar-refractivity contribution in [2.45, 2.75) is 32.8 Å². The largest absolute Gasteiger partial charge is 0.465 e. The molecule has 2 aromatic carbocycles. The number of Topliss-reactive ketones (excluding diaryl/α,β-unsaturated/α-hetero) is 1. The van der Waals surface area contributed by atoms with Gasteiger partial charge in [-0.15, -0.1) is 0 Å². The number of ether oxygens (including phenoxy) is 3. The molecule has 1 aliphatic rings. The summed E-state index contributed by atoms with van der Waals surface area (Å²) in [5.74, 6) is -1.08. The third kappa shape index (κ3) is 3.56. The Labute approximate surface area is 185 Å². The number of fused-ring (bicyclic) bond motifs is 2. The molecule has 7 heteroatoms. The number of rotatable bonds is 5. The maximum atomic E-state index is 13.3. The molecule has 4 rings (SSSR count). The van der Waals surface area contributed by atoms with Gasteiger partial charge < -0.3 is 19.2 Å². The van der Waals surface area contributed by atoms with Gasteiger partial charge in [0.25, 0.3) is 0 Å². The van der Waals surface area contributed by atoms with Crippen LogP contribution < -0.4 is 4.74 Å². The van der Waals surface area contributed by atoms with E-state index in [0.29, 0.717) is 39.4 Å². The Balaban J connectivity index is 1.62.